The van der Waals surface area contributed by atoms with E-state index in [0.29, 0.717) is 18.7 Å². The van der Waals surface area contributed by atoms with Gasteiger partial charge in [-0.3, -0.25) is 0 Å². The monoisotopic (exact) mass is 278 g/mol. The van der Waals surface area contributed by atoms with Gasteiger partial charge in [0.25, 0.3) is 0 Å². The molecule has 1 fully saturated rings. The van der Waals surface area contributed by atoms with Crippen LogP contribution in [0.1, 0.15) is 38.7 Å². The van der Waals surface area contributed by atoms with Crippen LogP contribution < -0.4 is 9.64 Å². The second-order valence-electron chi connectivity index (χ2n) is 6.24. The molecular weight excluding hydrogens is 250 g/mol. The van der Waals surface area contributed by atoms with Gasteiger partial charge in [-0.1, -0.05) is 18.2 Å². The van der Waals surface area contributed by atoms with Crippen molar-refractivity contribution < 1.29 is 14.7 Å². The largest absolute Gasteiger partial charge is 0.490 e. The van der Waals surface area contributed by atoms with Gasteiger partial charge in [-0.15, -0.1) is 0 Å². The third-order valence-electron chi connectivity index (χ3n) is 4.54. The van der Waals surface area contributed by atoms with E-state index < -0.39 is 6.10 Å². The summed E-state index contributed by atoms with van der Waals surface area (Å²) in [7, 11) is 0. The van der Waals surface area contributed by atoms with Crippen LogP contribution in [0.5, 0.6) is 5.75 Å². The average molecular weight is 278 g/mol. The molecule has 0 saturated carbocycles. The van der Waals surface area contributed by atoms with Gasteiger partial charge in [0.15, 0.2) is 0 Å². The standard InChI is InChI=1S/C17H27NO2/c1-13-7-4-5-10-17(13)20-12-16(19)11-18-14(2)8-6-9-15(18)3/h4-5,7,10,14-16,19H,6,8-9,11-12H2,1-3H3/p+1/t14-,15+,16-/m1/s1. The van der Waals surface area contributed by atoms with Crippen LogP contribution in [-0.2, 0) is 0 Å². The van der Waals surface area contributed by atoms with Crippen molar-refractivity contribution in [1.29, 1.82) is 0 Å². The van der Waals surface area contributed by atoms with Crippen LogP contribution in [-0.4, -0.2) is 36.4 Å². The van der Waals surface area contributed by atoms with E-state index >= 15 is 0 Å². The van der Waals surface area contributed by atoms with E-state index in [1.165, 1.54) is 24.2 Å². The van der Waals surface area contributed by atoms with Crippen LogP contribution in [0.25, 0.3) is 0 Å². The summed E-state index contributed by atoms with van der Waals surface area (Å²) in [5.41, 5.74) is 1.12. The van der Waals surface area contributed by atoms with E-state index in [0.717, 1.165) is 17.9 Å². The highest BCUT2D eigenvalue weighted by Crippen LogP contribution is 2.16. The number of nitrogens with one attached hydrogen (secondary N) is 1. The Balaban J connectivity index is 1.83. The predicted octanol–water partition coefficient (Wildman–Crippen LogP) is 1.58. The maximum Gasteiger partial charge on any atom is 0.137 e. The summed E-state index contributed by atoms with van der Waals surface area (Å²) in [4.78, 5) is 1.53. The van der Waals surface area contributed by atoms with Gasteiger partial charge in [0.2, 0.25) is 0 Å². The van der Waals surface area contributed by atoms with Gasteiger partial charge >= 0.3 is 0 Å². The number of hydrogen-bond donors (Lipinski definition) is 2. The summed E-state index contributed by atoms with van der Waals surface area (Å²) in [5.74, 6) is 0.876. The van der Waals surface area contributed by atoms with Crippen molar-refractivity contribution in [1.82, 2.24) is 0 Å². The van der Waals surface area contributed by atoms with Crippen molar-refractivity contribution in [3.05, 3.63) is 29.8 Å². The highest BCUT2D eigenvalue weighted by Gasteiger charge is 2.30. The van der Waals surface area contributed by atoms with Gasteiger partial charge in [0.1, 0.15) is 25.0 Å². The summed E-state index contributed by atoms with van der Waals surface area (Å²) >= 11 is 0. The first-order chi connectivity index (χ1) is 9.58. The number of ether oxygens (including phenoxy) is 1. The lowest BCUT2D eigenvalue weighted by molar-refractivity contribution is -0.954. The summed E-state index contributed by atoms with van der Waals surface area (Å²) in [6.07, 6.45) is 3.46. The number of aliphatic hydroxyl groups is 1. The number of rotatable bonds is 5. The van der Waals surface area contributed by atoms with E-state index in [1.54, 1.807) is 0 Å². The molecule has 2 rings (SSSR count). The fraction of sp³-hybridized carbons (Fsp3) is 0.647. The number of para-hydroxylation sites is 1. The molecule has 1 aliphatic rings. The fourth-order valence-electron chi connectivity index (χ4n) is 3.22. The van der Waals surface area contributed by atoms with Crippen LogP contribution >= 0.6 is 0 Å². The topological polar surface area (TPSA) is 33.9 Å². The Morgan fingerprint density at radius 3 is 2.55 bits per heavy atom. The molecule has 112 valence electrons. The van der Waals surface area contributed by atoms with Gasteiger partial charge in [0, 0.05) is 0 Å². The van der Waals surface area contributed by atoms with Crippen LogP contribution in [0, 0.1) is 6.92 Å². The smallest absolute Gasteiger partial charge is 0.137 e. The van der Waals surface area contributed by atoms with Crippen LogP contribution in [0.2, 0.25) is 0 Å². The summed E-state index contributed by atoms with van der Waals surface area (Å²) in [6.45, 7) is 7.78. The van der Waals surface area contributed by atoms with Crippen molar-refractivity contribution in [2.24, 2.45) is 0 Å². The van der Waals surface area contributed by atoms with Crippen molar-refractivity contribution in [2.75, 3.05) is 13.2 Å². The molecule has 1 aromatic carbocycles. The Kier molecular flexibility index (Phi) is 5.44. The van der Waals surface area contributed by atoms with Crippen molar-refractivity contribution in [3.63, 3.8) is 0 Å². The highest BCUT2D eigenvalue weighted by atomic mass is 16.5. The van der Waals surface area contributed by atoms with Gasteiger partial charge in [-0.05, 0) is 51.7 Å². The second kappa shape index (κ2) is 7.09. The Labute approximate surface area is 122 Å². The molecule has 0 radical (unpaired) electrons. The van der Waals surface area contributed by atoms with Crippen LogP contribution in [0.15, 0.2) is 24.3 Å². The molecule has 1 aliphatic heterocycles. The molecule has 20 heavy (non-hydrogen) atoms. The molecule has 0 spiro atoms. The van der Waals surface area contributed by atoms with Gasteiger partial charge < -0.3 is 14.7 Å². The maximum atomic E-state index is 10.2. The lowest BCUT2D eigenvalue weighted by Gasteiger charge is -2.36. The lowest BCUT2D eigenvalue weighted by Crippen LogP contribution is -3.20. The minimum absolute atomic E-state index is 0.383. The van der Waals surface area contributed by atoms with E-state index in [2.05, 4.69) is 13.8 Å². The molecule has 3 nitrogen and oxygen atoms in total. The van der Waals surface area contributed by atoms with Crippen molar-refractivity contribution >= 4 is 0 Å². The molecule has 1 unspecified atom stereocenters. The molecule has 4 atom stereocenters. The molecule has 2 N–H and O–H groups in total. The number of aryl methyl sites for hydroxylation is 1. The minimum Gasteiger partial charge on any atom is -0.490 e. The Hall–Kier alpha value is -1.06. The summed E-state index contributed by atoms with van der Waals surface area (Å²) < 4.78 is 5.75. The molecule has 0 amide bonds. The predicted molar refractivity (Wildman–Crippen MR) is 81.3 cm³/mol. The number of benzene rings is 1. The summed E-state index contributed by atoms with van der Waals surface area (Å²) in [6, 6.07) is 9.25. The molecule has 1 heterocycles. The molecule has 1 saturated heterocycles. The van der Waals surface area contributed by atoms with Gasteiger partial charge in [-0.25, -0.2) is 0 Å². The third-order valence-corrected chi connectivity index (χ3v) is 4.54. The second-order valence-corrected chi connectivity index (χ2v) is 6.24. The molecular formula is C17H28NO2+. The Morgan fingerprint density at radius 1 is 1.25 bits per heavy atom. The zero-order chi connectivity index (χ0) is 14.5. The first kappa shape index (κ1) is 15.3. The molecule has 3 heteroatoms. The first-order valence-electron chi connectivity index (χ1n) is 7.80. The molecule has 1 aromatic rings. The maximum absolute atomic E-state index is 10.2. The zero-order valence-corrected chi connectivity index (χ0v) is 12.9. The number of aliphatic hydroxyl groups excluding tert-OH is 1. The third kappa shape index (κ3) is 3.97. The Morgan fingerprint density at radius 2 is 1.90 bits per heavy atom. The highest BCUT2D eigenvalue weighted by molar-refractivity contribution is 5.31. The number of hydrogen-bond acceptors (Lipinski definition) is 2. The van der Waals surface area contributed by atoms with Crippen LogP contribution in [0.4, 0.5) is 0 Å². The average Bonchev–Trinajstić information content (AvgIpc) is 2.42. The first-order valence-corrected chi connectivity index (χ1v) is 7.80. The zero-order valence-electron chi connectivity index (χ0n) is 12.9. The van der Waals surface area contributed by atoms with E-state index in [9.17, 15) is 5.11 Å². The van der Waals surface area contributed by atoms with Crippen LogP contribution in [0.3, 0.4) is 0 Å². The van der Waals surface area contributed by atoms with E-state index in [-0.39, 0.29) is 0 Å². The van der Waals surface area contributed by atoms with Gasteiger partial charge in [0.05, 0.1) is 12.1 Å². The van der Waals surface area contributed by atoms with E-state index in [4.69, 9.17) is 4.74 Å². The number of piperidine rings is 1. The minimum atomic E-state index is -0.396. The fourth-order valence-corrected chi connectivity index (χ4v) is 3.22. The van der Waals surface area contributed by atoms with Crippen molar-refractivity contribution in [3.8, 4) is 5.75 Å². The van der Waals surface area contributed by atoms with Gasteiger partial charge in [-0.2, -0.15) is 0 Å². The molecule has 0 bridgehead atoms. The SMILES string of the molecule is Cc1ccccc1OC[C@H](O)C[NH+]1[C@H](C)CCC[C@@H]1C. The number of likely N-dealkylation sites (tertiary alicyclic amines) is 1. The summed E-state index contributed by atoms with van der Waals surface area (Å²) in [5, 5.41) is 10.2. The molecule has 0 aliphatic carbocycles. The number of quaternary nitrogens is 1. The Bertz CT molecular complexity index is 411. The normalized spacial score (nSPS) is 28.1. The molecule has 0 aromatic heterocycles. The lowest BCUT2D eigenvalue weighted by atomic mass is 9.97. The van der Waals surface area contributed by atoms with E-state index in [1.807, 2.05) is 31.2 Å². The quantitative estimate of drug-likeness (QED) is 0.857. The van der Waals surface area contributed by atoms with Crippen molar-refractivity contribution in [2.45, 2.75) is 58.2 Å².